The first-order chi connectivity index (χ1) is 3.86. The average Bonchev–Trinajstić information content (AvgIpc) is 1.65. The fourth-order valence-corrected chi connectivity index (χ4v) is 0.978. The number of nitrogens with two attached hydrogens (primary N) is 2. The Bertz CT molecular complexity index is 62.8. The Kier molecular flexibility index (Phi) is 1.83. The van der Waals surface area contributed by atoms with Gasteiger partial charge >= 0.3 is 0 Å². The summed E-state index contributed by atoms with van der Waals surface area (Å²) >= 11 is 0. The minimum absolute atomic E-state index is 0.295. The normalized spacial score (nSPS) is 36.8. The lowest BCUT2D eigenvalue weighted by atomic mass is 9.83. The highest BCUT2D eigenvalue weighted by Crippen LogP contribution is 2.27. The first kappa shape index (κ1) is 6.01. The smallest absolute Gasteiger partial charge is 0.0793 e. The Morgan fingerprint density at radius 1 is 1.50 bits per heavy atom. The molecule has 0 unspecified atom stereocenters. The third kappa shape index (κ3) is 0.992. The van der Waals surface area contributed by atoms with Crippen LogP contribution in [0.25, 0.3) is 0 Å². The van der Waals surface area contributed by atoms with Crippen LogP contribution in [0.5, 0.6) is 0 Å². The van der Waals surface area contributed by atoms with Gasteiger partial charge in [0.25, 0.3) is 0 Å². The predicted molar refractivity (Wildman–Crippen MR) is 30.8 cm³/mol. The summed E-state index contributed by atoms with van der Waals surface area (Å²) in [5.74, 6) is 5.58. The first-order valence-corrected chi connectivity index (χ1v) is 2.92. The molecule has 48 valence electrons. The van der Waals surface area contributed by atoms with Crippen LogP contribution in [0.15, 0.2) is 0 Å². The molecule has 1 rings (SSSR count). The fraction of sp³-hybridized carbons (Fsp3) is 1.00. The summed E-state index contributed by atoms with van der Waals surface area (Å²) in [4.78, 5) is 4.56. The van der Waals surface area contributed by atoms with Crippen molar-refractivity contribution in [2.45, 2.75) is 18.9 Å². The van der Waals surface area contributed by atoms with Gasteiger partial charge in [-0.05, 0) is 25.3 Å². The van der Waals surface area contributed by atoms with Gasteiger partial charge < -0.3 is 10.6 Å². The highest BCUT2D eigenvalue weighted by atomic mass is 16.6. The molecule has 0 amide bonds. The number of hydrogen-bond donors (Lipinski definition) is 2. The van der Waals surface area contributed by atoms with Crippen molar-refractivity contribution in [3.05, 3.63) is 0 Å². The summed E-state index contributed by atoms with van der Waals surface area (Å²) < 4.78 is 0. The van der Waals surface area contributed by atoms with Crippen molar-refractivity contribution in [1.82, 2.24) is 0 Å². The predicted octanol–water partition coefficient (Wildman–Crippen LogP) is -0.386. The van der Waals surface area contributed by atoms with E-state index in [4.69, 9.17) is 11.6 Å². The Balaban J connectivity index is 2.03. The van der Waals surface area contributed by atoms with Crippen molar-refractivity contribution >= 4 is 0 Å². The molecule has 3 heteroatoms. The summed E-state index contributed by atoms with van der Waals surface area (Å²) in [5, 5.41) is 0. The molecule has 4 N–H and O–H groups in total. The fourth-order valence-electron chi connectivity index (χ4n) is 0.978. The van der Waals surface area contributed by atoms with E-state index in [1.54, 1.807) is 0 Å². The Morgan fingerprint density at radius 2 is 2.12 bits per heavy atom. The molecule has 3 nitrogen and oxygen atoms in total. The van der Waals surface area contributed by atoms with Gasteiger partial charge in [-0.3, -0.25) is 0 Å². The topological polar surface area (TPSA) is 61.3 Å². The van der Waals surface area contributed by atoms with Crippen LogP contribution in [0.2, 0.25) is 0 Å². The van der Waals surface area contributed by atoms with Gasteiger partial charge in [0.15, 0.2) is 0 Å². The molecule has 0 saturated heterocycles. The summed E-state index contributed by atoms with van der Waals surface area (Å²) in [5.41, 5.74) is 5.35. The molecule has 0 aromatic heterocycles. The monoisotopic (exact) mass is 116 g/mol. The summed E-state index contributed by atoms with van der Waals surface area (Å²) in [6.07, 6.45) is 2.39. The molecule has 0 atom stereocenters. The molecule has 1 saturated carbocycles. The Morgan fingerprint density at radius 3 is 2.50 bits per heavy atom. The van der Waals surface area contributed by atoms with Crippen LogP contribution in [0.1, 0.15) is 12.8 Å². The van der Waals surface area contributed by atoms with Crippen molar-refractivity contribution in [2.24, 2.45) is 17.5 Å². The largest absolute Gasteiger partial charge is 0.330 e. The highest BCUT2D eigenvalue weighted by molar-refractivity contribution is 4.79. The second kappa shape index (κ2) is 2.44. The van der Waals surface area contributed by atoms with E-state index in [0.29, 0.717) is 12.0 Å². The molecule has 0 aliphatic heterocycles. The van der Waals surface area contributed by atoms with Gasteiger partial charge in [-0.2, -0.15) is 0 Å². The molecule has 0 aromatic rings. The van der Waals surface area contributed by atoms with E-state index in [1.807, 2.05) is 0 Å². The van der Waals surface area contributed by atoms with E-state index in [-0.39, 0.29) is 0 Å². The summed E-state index contributed by atoms with van der Waals surface area (Å²) in [6.45, 7) is 0.778. The molecule has 0 radical (unpaired) electrons. The number of rotatable bonds is 2. The minimum Gasteiger partial charge on any atom is -0.330 e. The molecular weight excluding hydrogens is 104 g/mol. The minimum atomic E-state index is 0.295. The lowest BCUT2D eigenvalue weighted by Gasteiger charge is -2.31. The zero-order chi connectivity index (χ0) is 5.98. The Labute approximate surface area is 48.9 Å². The lowest BCUT2D eigenvalue weighted by molar-refractivity contribution is -0.0294. The third-order valence-electron chi connectivity index (χ3n) is 1.72. The van der Waals surface area contributed by atoms with Crippen molar-refractivity contribution < 1.29 is 4.84 Å². The SMILES string of the molecule is NCC1CC(ON)C1. The molecule has 0 aromatic carbocycles. The molecule has 0 bridgehead atoms. The van der Waals surface area contributed by atoms with Crippen molar-refractivity contribution in [2.75, 3.05) is 6.54 Å². The standard InChI is InChI=1S/C5H12N2O/c6-3-4-1-5(2-4)8-7/h4-5H,1-3,6-7H2. The van der Waals surface area contributed by atoms with Gasteiger partial charge in [0.2, 0.25) is 0 Å². The van der Waals surface area contributed by atoms with Crippen LogP contribution in [0.4, 0.5) is 0 Å². The maximum absolute atomic E-state index is 5.35. The van der Waals surface area contributed by atoms with Crippen LogP contribution >= 0.6 is 0 Å². The van der Waals surface area contributed by atoms with Gasteiger partial charge in [-0.15, -0.1) is 0 Å². The summed E-state index contributed by atoms with van der Waals surface area (Å²) in [7, 11) is 0. The average molecular weight is 116 g/mol. The zero-order valence-corrected chi connectivity index (χ0v) is 4.84. The second-order valence-corrected chi connectivity index (χ2v) is 2.33. The van der Waals surface area contributed by atoms with E-state index in [1.165, 1.54) is 0 Å². The van der Waals surface area contributed by atoms with Gasteiger partial charge in [0, 0.05) is 0 Å². The highest BCUT2D eigenvalue weighted by Gasteiger charge is 2.27. The molecule has 0 spiro atoms. The van der Waals surface area contributed by atoms with Crippen molar-refractivity contribution in [3.8, 4) is 0 Å². The van der Waals surface area contributed by atoms with Crippen LogP contribution in [0.3, 0.4) is 0 Å². The quantitative estimate of drug-likeness (QED) is 0.483. The van der Waals surface area contributed by atoms with E-state index in [9.17, 15) is 0 Å². The molecule has 0 heterocycles. The van der Waals surface area contributed by atoms with E-state index < -0.39 is 0 Å². The van der Waals surface area contributed by atoms with Crippen LogP contribution < -0.4 is 11.6 Å². The first-order valence-electron chi connectivity index (χ1n) is 2.92. The van der Waals surface area contributed by atoms with Gasteiger partial charge in [-0.1, -0.05) is 0 Å². The van der Waals surface area contributed by atoms with E-state index in [0.717, 1.165) is 19.4 Å². The van der Waals surface area contributed by atoms with Gasteiger partial charge in [0.05, 0.1) is 6.10 Å². The van der Waals surface area contributed by atoms with Crippen molar-refractivity contribution in [3.63, 3.8) is 0 Å². The zero-order valence-electron chi connectivity index (χ0n) is 4.84. The molecule has 1 aliphatic rings. The van der Waals surface area contributed by atoms with Crippen molar-refractivity contribution in [1.29, 1.82) is 0 Å². The second-order valence-electron chi connectivity index (χ2n) is 2.33. The van der Waals surface area contributed by atoms with Crippen LogP contribution in [0, 0.1) is 5.92 Å². The van der Waals surface area contributed by atoms with Crippen LogP contribution in [-0.2, 0) is 4.84 Å². The van der Waals surface area contributed by atoms with Gasteiger partial charge in [-0.25, -0.2) is 5.90 Å². The van der Waals surface area contributed by atoms with E-state index in [2.05, 4.69) is 4.84 Å². The van der Waals surface area contributed by atoms with Gasteiger partial charge in [0.1, 0.15) is 0 Å². The third-order valence-corrected chi connectivity index (χ3v) is 1.72. The number of hydrogen-bond acceptors (Lipinski definition) is 3. The molecule has 8 heavy (non-hydrogen) atoms. The summed E-state index contributed by atoms with van der Waals surface area (Å²) in [6, 6.07) is 0. The lowest BCUT2D eigenvalue weighted by Crippen LogP contribution is -2.37. The molecule has 1 aliphatic carbocycles. The molecule has 1 fully saturated rings. The van der Waals surface area contributed by atoms with Crippen LogP contribution in [-0.4, -0.2) is 12.6 Å². The molecular formula is C5H12N2O. The maximum Gasteiger partial charge on any atom is 0.0793 e. The maximum atomic E-state index is 5.35. The van der Waals surface area contributed by atoms with E-state index >= 15 is 0 Å². The Hall–Kier alpha value is -0.120.